The lowest BCUT2D eigenvalue weighted by molar-refractivity contribution is -0.142. The molecule has 0 aliphatic rings. The van der Waals surface area contributed by atoms with Crippen molar-refractivity contribution in [1.82, 2.24) is 10.3 Å². The molecule has 3 N–H and O–H groups in total. The van der Waals surface area contributed by atoms with E-state index in [1.165, 1.54) is 0 Å². The lowest BCUT2D eigenvalue weighted by atomic mass is 10.0. The van der Waals surface area contributed by atoms with Gasteiger partial charge in [0.15, 0.2) is 6.04 Å². The molecular weight excluding hydrogens is 298 g/mol. The minimum absolute atomic E-state index is 0.120. The Balaban J connectivity index is 2.18. The predicted octanol–water partition coefficient (Wildman–Crippen LogP) is 2.07. The predicted molar refractivity (Wildman–Crippen MR) is 86.0 cm³/mol. The molecule has 1 aromatic carbocycles. The maximum atomic E-state index is 12.0. The van der Waals surface area contributed by atoms with Gasteiger partial charge in [0.25, 0.3) is 0 Å². The molecule has 0 spiro atoms. The summed E-state index contributed by atoms with van der Waals surface area (Å²) in [6.07, 6.45) is 1.85. The van der Waals surface area contributed by atoms with E-state index < -0.39 is 24.0 Å². The fourth-order valence-electron chi connectivity index (χ4n) is 2.45. The van der Waals surface area contributed by atoms with Crippen molar-refractivity contribution in [2.75, 3.05) is 0 Å². The van der Waals surface area contributed by atoms with Gasteiger partial charge in [0.2, 0.25) is 5.91 Å². The van der Waals surface area contributed by atoms with E-state index in [0.717, 1.165) is 16.5 Å². The Kier molecular flexibility index (Phi) is 5.10. The summed E-state index contributed by atoms with van der Waals surface area (Å²) in [4.78, 5) is 37.3. The number of aliphatic carboxylic acids is 1. The lowest BCUT2D eigenvalue weighted by Crippen LogP contribution is -2.47. The summed E-state index contributed by atoms with van der Waals surface area (Å²) in [5.74, 6) is -2.12. The quantitative estimate of drug-likeness (QED) is 0.679. The molecule has 1 amide bonds. The number of carbonyl (C=O) groups is 2. The molecule has 2 rings (SSSR count). The minimum atomic E-state index is -1.16. The van der Waals surface area contributed by atoms with Crippen LogP contribution in [-0.2, 0) is 16.0 Å². The molecule has 1 unspecified atom stereocenters. The number of nitrogens with one attached hydrogen (secondary N) is 2. The van der Waals surface area contributed by atoms with E-state index >= 15 is 0 Å². The third-order valence-electron chi connectivity index (χ3n) is 3.73. The fraction of sp³-hybridized carbons (Fsp3) is 0.375. The molecule has 7 nitrogen and oxygen atoms in total. The van der Waals surface area contributed by atoms with Crippen LogP contribution in [0.25, 0.3) is 10.9 Å². The molecule has 0 aliphatic carbocycles. The van der Waals surface area contributed by atoms with Crippen LogP contribution in [0.1, 0.15) is 19.4 Å². The number of para-hydroxylation sites is 1. The fourth-order valence-corrected chi connectivity index (χ4v) is 2.45. The highest BCUT2D eigenvalue weighted by Crippen LogP contribution is 2.19. The van der Waals surface area contributed by atoms with E-state index in [1.807, 2.05) is 24.3 Å². The zero-order valence-electron chi connectivity index (χ0n) is 12.9. The van der Waals surface area contributed by atoms with Gasteiger partial charge in [-0.3, -0.25) is 4.79 Å². The molecule has 2 atom stereocenters. The van der Waals surface area contributed by atoms with Crippen LogP contribution in [0.5, 0.6) is 0 Å². The SMILES string of the molecule is CC(C)C(N=O)C(=O)N[C@@H](Cc1c[nH]c2ccccc12)C(=O)O. The van der Waals surface area contributed by atoms with Gasteiger partial charge >= 0.3 is 5.97 Å². The van der Waals surface area contributed by atoms with Crippen LogP contribution in [0.2, 0.25) is 0 Å². The third kappa shape index (κ3) is 3.74. The van der Waals surface area contributed by atoms with Crippen molar-refractivity contribution in [3.63, 3.8) is 0 Å². The molecule has 0 radical (unpaired) electrons. The first kappa shape index (κ1) is 16.7. The number of fused-ring (bicyclic) bond motifs is 1. The van der Waals surface area contributed by atoms with Gasteiger partial charge < -0.3 is 15.4 Å². The Morgan fingerprint density at radius 3 is 2.61 bits per heavy atom. The highest BCUT2D eigenvalue weighted by molar-refractivity contribution is 5.88. The molecule has 1 heterocycles. The topological polar surface area (TPSA) is 112 Å². The number of nitrogens with zero attached hydrogens (tertiary/aromatic N) is 1. The van der Waals surface area contributed by atoms with Crippen molar-refractivity contribution in [1.29, 1.82) is 0 Å². The summed E-state index contributed by atoms with van der Waals surface area (Å²) in [6, 6.07) is 5.29. The van der Waals surface area contributed by atoms with Crippen molar-refractivity contribution in [2.45, 2.75) is 32.4 Å². The van der Waals surface area contributed by atoms with E-state index in [2.05, 4.69) is 15.5 Å². The van der Waals surface area contributed by atoms with Crippen LogP contribution >= 0.6 is 0 Å². The number of nitroso groups, excluding NO2 is 1. The van der Waals surface area contributed by atoms with Crippen molar-refractivity contribution in [3.05, 3.63) is 40.9 Å². The van der Waals surface area contributed by atoms with Crippen LogP contribution in [-0.4, -0.2) is 34.1 Å². The average Bonchev–Trinajstić information content (AvgIpc) is 2.90. The lowest BCUT2D eigenvalue weighted by Gasteiger charge is -2.18. The normalized spacial score (nSPS) is 13.7. The van der Waals surface area contributed by atoms with E-state index in [-0.39, 0.29) is 12.3 Å². The number of aromatic nitrogens is 1. The van der Waals surface area contributed by atoms with Crippen LogP contribution < -0.4 is 5.32 Å². The molecule has 122 valence electrons. The molecular formula is C16H19N3O4. The summed E-state index contributed by atoms with van der Waals surface area (Å²) in [5.41, 5.74) is 1.68. The zero-order valence-corrected chi connectivity index (χ0v) is 12.9. The first-order chi connectivity index (χ1) is 10.9. The number of carboxylic acids is 1. The van der Waals surface area contributed by atoms with Gasteiger partial charge in [0, 0.05) is 23.5 Å². The highest BCUT2D eigenvalue weighted by atomic mass is 16.4. The zero-order chi connectivity index (χ0) is 17.0. The maximum absolute atomic E-state index is 12.0. The van der Waals surface area contributed by atoms with E-state index in [4.69, 9.17) is 0 Å². The number of amides is 1. The largest absolute Gasteiger partial charge is 0.480 e. The second-order valence-corrected chi connectivity index (χ2v) is 5.76. The van der Waals surface area contributed by atoms with Crippen molar-refractivity contribution in [3.8, 4) is 0 Å². The first-order valence-corrected chi connectivity index (χ1v) is 7.34. The number of hydrogen-bond donors (Lipinski definition) is 3. The summed E-state index contributed by atoms with van der Waals surface area (Å²) in [6.45, 7) is 3.36. The third-order valence-corrected chi connectivity index (χ3v) is 3.73. The van der Waals surface area contributed by atoms with E-state index in [1.54, 1.807) is 20.0 Å². The first-order valence-electron chi connectivity index (χ1n) is 7.34. The highest BCUT2D eigenvalue weighted by Gasteiger charge is 2.28. The Morgan fingerprint density at radius 1 is 1.30 bits per heavy atom. The van der Waals surface area contributed by atoms with Crippen molar-refractivity contribution >= 4 is 22.8 Å². The van der Waals surface area contributed by atoms with Gasteiger partial charge in [0.1, 0.15) is 6.04 Å². The maximum Gasteiger partial charge on any atom is 0.326 e. The van der Waals surface area contributed by atoms with Gasteiger partial charge in [-0.1, -0.05) is 37.2 Å². The smallest absolute Gasteiger partial charge is 0.326 e. The van der Waals surface area contributed by atoms with E-state index in [0.29, 0.717) is 0 Å². The summed E-state index contributed by atoms with van der Waals surface area (Å²) in [7, 11) is 0. The standard InChI is InChI=1S/C16H19N3O4/c1-9(2)14(19-23)15(20)18-13(16(21)22)7-10-8-17-12-6-4-3-5-11(10)12/h3-6,8-9,13-14,17H,7H2,1-2H3,(H,18,20)(H,21,22)/t13-,14?/m0/s1. The molecule has 0 bridgehead atoms. The molecule has 2 aromatic rings. The molecule has 0 aliphatic heterocycles. The number of aromatic amines is 1. The van der Waals surface area contributed by atoms with Gasteiger partial charge in [-0.2, -0.15) is 0 Å². The van der Waals surface area contributed by atoms with Crippen LogP contribution in [0.15, 0.2) is 35.6 Å². The number of H-pyrrole nitrogens is 1. The molecule has 1 aromatic heterocycles. The average molecular weight is 317 g/mol. The summed E-state index contributed by atoms with van der Waals surface area (Å²) >= 11 is 0. The second kappa shape index (κ2) is 7.04. The van der Waals surface area contributed by atoms with Crippen LogP contribution in [0, 0.1) is 10.8 Å². The Morgan fingerprint density at radius 2 is 2.00 bits per heavy atom. The van der Waals surface area contributed by atoms with Crippen LogP contribution in [0.3, 0.4) is 0 Å². The molecule has 7 heteroatoms. The number of hydrogen-bond acceptors (Lipinski definition) is 4. The molecule has 0 saturated carbocycles. The molecule has 0 fully saturated rings. The number of rotatable bonds is 7. The van der Waals surface area contributed by atoms with Crippen molar-refractivity contribution in [2.24, 2.45) is 11.1 Å². The van der Waals surface area contributed by atoms with Crippen LogP contribution in [0.4, 0.5) is 0 Å². The number of carbonyl (C=O) groups excluding carboxylic acids is 1. The van der Waals surface area contributed by atoms with E-state index in [9.17, 15) is 19.6 Å². The summed E-state index contributed by atoms with van der Waals surface area (Å²) < 4.78 is 0. The second-order valence-electron chi connectivity index (χ2n) is 5.76. The van der Waals surface area contributed by atoms with Gasteiger partial charge in [-0.25, -0.2) is 4.79 Å². The monoisotopic (exact) mass is 317 g/mol. The molecule has 23 heavy (non-hydrogen) atoms. The van der Waals surface area contributed by atoms with Gasteiger partial charge in [0.05, 0.1) is 0 Å². The summed E-state index contributed by atoms with van der Waals surface area (Å²) in [5, 5.41) is 15.4. The van der Waals surface area contributed by atoms with Crippen molar-refractivity contribution < 1.29 is 14.7 Å². The Bertz CT molecular complexity index is 723. The van der Waals surface area contributed by atoms with Gasteiger partial charge in [-0.05, 0) is 17.5 Å². The Hall–Kier alpha value is -2.70. The number of benzene rings is 1. The number of carboxylic acid groups (broad SMARTS) is 1. The Labute approximate surface area is 133 Å². The molecule has 0 saturated heterocycles. The van der Waals surface area contributed by atoms with Gasteiger partial charge in [-0.15, -0.1) is 4.91 Å². The minimum Gasteiger partial charge on any atom is -0.480 e.